The Morgan fingerprint density at radius 2 is 1.71 bits per heavy atom. The van der Waals surface area contributed by atoms with Crippen molar-refractivity contribution in [3.63, 3.8) is 0 Å². The molecule has 0 saturated heterocycles. The van der Waals surface area contributed by atoms with Crippen LogP contribution in [-0.2, 0) is 22.7 Å². The highest BCUT2D eigenvalue weighted by atomic mass is 79.9. The fourth-order valence-corrected chi connectivity index (χ4v) is 12.4. The lowest BCUT2D eigenvalue weighted by atomic mass is 9.33. The lowest BCUT2D eigenvalue weighted by molar-refractivity contribution is -0.217. The van der Waals surface area contributed by atoms with Crippen molar-refractivity contribution in [1.29, 1.82) is 0 Å². The Morgan fingerprint density at radius 1 is 0.979 bits per heavy atom. The summed E-state index contributed by atoms with van der Waals surface area (Å²) in [6.07, 6.45) is 13.6. The average molecular weight is 723 g/mol. The standard InChI is InChI=1S/C40H56BrN3O4/c1-35(2)17-19-40(34(47)48-24-28-23-44(43-42-28)22-26-7-9-27(41)10-8-26)20-18-38(5)29(30(40)21-35)11-12-32-36(3)15-14-33(46)37(4,25-45)31(36)13-16-39(32,38)6/h7-11,23,30-33,45-46H,12-22,24-25H2,1-6H3/t30-,31+,32+,33-,36-,37-,38+,39+,40-/m0/s1. The molecule has 1 aromatic carbocycles. The van der Waals surface area contributed by atoms with Crippen LogP contribution in [0.3, 0.4) is 0 Å². The summed E-state index contributed by atoms with van der Waals surface area (Å²) in [6.45, 7) is 15.2. The SMILES string of the molecule is CC1(C)CC[C@]2(C(=O)OCc3cn(Cc4ccc(Br)cc4)nn3)CC[C@]3(C)C(=CC[C@@H]4[C@@]5(C)CC[C@H](O)[C@@](C)(CO)[C@@H]5CC[C@]43C)[C@@H]2C1. The van der Waals surface area contributed by atoms with Crippen LogP contribution in [0.2, 0.25) is 0 Å². The van der Waals surface area contributed by atoms with E-state index in [1.165, 1.54) is 5.57 Å². The number of esters is 1. The molecule has 9 atom stereocenters. The zero-order valence-electron chi connectivity index (χ0n) is 29.9. The number of allylic oxidation sites excluding steroid dienone is 2. The van der Waals surface area contributed by atoms with E-state index in [1.807, 2.05) is 18.3 Å². The van der Waals surface area contributed by atoms with Gasteiger partial charge in [0.15, 0.2) is 0 Å². The number of hydrogen-bond donors (Lipinski definition) is 2. The summed E-state index contributed by atoms with van der Waals surface area (Å²) in [7, 11) is 0. The van der Waals surface area contributed by atoms with Crippen LogP contribution in [0.5, 0.6) is 0 Å². The summed E-state index contributed by atoms with van der Waals surface area (Å²) in [5.74, 6) is 0.887. The summed E-state index contributed by atoms with van der Waals surface area (Å²) in [4.78, 5) is 14.4. The molecule has 48 heavy (non-hydrogen) atoms. The van der Waals surface area contributed by atoms with Crippen molar-refractivity contribution in [3.8, 4) is 0 Å². The van der Waals surface area contributed by atoms with Gasteiger partial charge in [0.05, 0.1) is 30.9 Å². The number of halogens is 1. The molecule has 8 heteroatoms. The monoisotopic (exact) mass is 721 g/mol. The second kappa shape index (κ2) is 11.8. The van der Waals surface area contributed by atoms with Gasteiger partial charge in [-0.1, -0.05) is 86.5 Å². The lowest BCUT2D eigenvalue weighted by Gasteiger charge is -2.71. The third-order valence-corrected chi connectivity index (χ3v) is 15.9. The van der Waals surface area contributed by atoms with Crippen molar-refractivity contribution in [1.82, 2.24) is 15.0 Å². The minimum absolute atomic E-state index is 0.00678. The molecular weight excluding hydrogens is 666 g/mol. The number of fused-ring (bicyclic) bond motifs is 7. The summed E-state index contributed by atoms with van der Waals surface area (Å²) >= 11 is 3.49. The van der Waals surface area contributed by atoms with Gasteiger partial charge in [-0.05, 0) is 121 Å². The van der Waals surface area contributed by atoms with Gasteiger partial charge in [0.25, 0.3) is 0 Å². The highest BCUT2D eigenvalue weighted by Crippen LogP contribution is 2.75. The summed E-state index contributed by atoms with van der Waals surface area (Å²) < 4.78 is 9.06. The van der Waals surface area contributed by atoms with Crippen LogP contribution in [-0.4, -0.2) is 43.9 Å². The van der Waals surface area contributed by atoms with Crippen LogP contribution >= 0.6 is 15.9 Å². The first-order chi connectivity index (χ1) is 22.6. The van der Waals surface area contributed by atoms with Crippen LogP contribution in [0.4, 0.5) is 0 Å². The molecule has 1 heterocycles. The minimum atomic E-state index is -0.511. The molecular formula is C40H56BrN3O4. The Morgan fingerprint density at radius 3 is 2.44 bits per heavy atom. The van der Waals surface area contributed by atoms with Gasteiger partial charge in [0.1, 0.15) is 12.3 Å². The molecule has 5 aliphatic carbocycles. The number of benzene rings is 1. The molecule has 0 radical (unpaired) electrons. The van der Waals surface area contributed by atoms with Crippen molar-refractivity contribution < 1.29 is 19.7 Å². The van der Waals surface area contributed by atoms with Crippen LogP contribution < -0.4 is 0 Å². The van der Waals surface area contributed by atoms with E-state index in [4.69, 9.17) is 4.74 Å². The fourth-order valence-electron chi connectivity index (χ4n) is 12.2. The van der Waals surface area contributed by atoms with E-state index >= 15 is 0 Å². The molecule has 0 spiro atoms. The highest BCUT2D eigenvalue weighted by Gasteiger charge is 2.69. The Balaban J connectivity index is 1.15. The molecule has 5 aliphatic rings. The normalized spacial score (nSPS) is 41.6. The zero-order chi connectivity index (χ0) is 34.3. The topological polar surface area (TPSA) is 97.5 Å². The van der Waals surface area contributed by atoms with Crippen molar-refractivity contribution in [3.05, 3.63) is 57.8 Å². The first kappa shape index (κ1) is 34.4. The molecule has 2 N–H and O–H groups in total. The maximum Gasteiger partial charge on any atom is 0.313 e. The zero-order valence-corrected chi connectivity index (χ0v) is 31.5. The number of aliphatic hydroxyl groups excluding tert-OH is 2. The Labute approximate surface area is 295 Å². The molecule has 0 amide bonds. The van der Waals surface area contributed by atoms with Gasteiger partial charge in [-0.2, -0.15) is 0 Å². The maximum absolute atomic E-state index is 14.4. The summed E-state index contributed by atoms with van der Waals surface area (Å²) in [5.41, 5.74) is 2.65. The second-order valence-corrected chi connectivity index (χ2v) is 19.1. The predicted molar refractivity (Wildman–Crippen MR) is 190 cm³/mol. The number of aliphatic hydroxyl groups is 2. The average Bonchev–Trinajstić information content (AvgIpc) is 3.50. The van der Waals surface area contributed by atoms with Gasteiger partial charge < -0.3 is 14.9 Å². The summed E-state index contributed by atoms with van der Waals surface area (Å²) in [6, 6.07) is 8.17. The molecule has 1 aromatic heterocycles. The van der Waals surface area contributed by atoms with Crippen molar-refractivity contribution in [2.24, 2.45) is 50.2 Å². The molecule has 7 nitrogen and oxygen atoms in total. The molecule has 0 bridgehead atoms. The lowest BCUT2D eigenvalue weighted by Crippen LogP contribution is -2.66. The number of hydrogen-bond acceptors (Lipinski definition) is 6. The van der Waals surface area contributed by atoms with Gasteiger partial charge in [-0.15, -0.1) is 5.10 Å². The number of carbonyl (C=O) groups excluding carboxylic acids is 1. The Kier molecular flexibility index (Phi) is 8.44. The van der Waals surface area contributed by atoms with Crippen LogP contribution in [0.25, 0.3) is 0 Å². The minimum Gasteiger partial charge on any atom is -0.459 e. The van der Waals surface area contributed by atoms with E-state index in [1.54, 1.807) is 4.68 Å². The number of carbonyl (C=O) groups is 1. The van der Waals surface area contributed by atoms with Crippen molar-refractivity contribution >= 4 is 21.9 Å². The van der Waals surface area contributed by atoms with E-state index in [0.29, 0.717) is 24.1 Å². The van der Waals surface area contributed by atoms with Crippen LogP contribution in [0.1, 0.15) is 117 Å². The van der Waals surface area contributed by atoms with Gasteiger partial charge in [0, 0.05) is 9.89 Å². The van der Waals surface area contributed by atoms with Gasteiger partial charge in [0.2, 0.25) is 0 Å². The van der Waals surface area contributed by atoms with Gasteiger partial charge in [-0.3, -0.25) is 4.79 Å². The molecule has 7 rings (SSSR count). The number of nitrogens with zero attached hydrogens (tertiary/aromatic N) is 3. The number of aromatic nitrogens is 3. The molecule has 4 fully saturated rings. The summed E-state index contributed by atoms with van der Waals surface area (Å²) in [5, 5.41) is 30.3. The first-order valence-corrected chi connectivity index (χ1v) is 19.2. The number of ether oxygens (including phenoxy) is 1. The van der Waals surface area contributed by atoms with E-state index in [0.717, 1.165) is 74.2 Å². The Hall–Kier alpha value is -2.03. The smallest absolute Gasteiger partial charge is 0.313 e. The third-order valence-electron chi connectivity index (χ3n) is 15.4. The van der Waals surface area contributed by atoms with E-state index in [2.05, 4.69) is 86.0 Å². The quantitative estimate of drug-likeness (QED) is 0.230. The van der Waals surface area contributed by atoms with Gasteiger partial charge in [-0.25, -0.2) is 4.68 Å². The number of rotatable bonds is 6. The highest BCUT2D eigenvalue weighted by molar-refractivity contribution is 9.10. The van der Waals surface area contributed by atoms with Crippen molar-refractivity contribution in [2.75, 3.05) is 6.61 Å². The van der Waals surface area contributed by atoms with E-state index in [9.17, 15) is 15.0 Å². The van der Waals surface area contributed by atoms with E-state index in [-0.39, 0.29) is 46.8 Å². The van der Waals surface area contributed by atoms with Gasteiger partial charge >= 0.3 is 5.97 Å². The molecule has 0 unspecified atom stereocenters. The van der Waals surface area contributed by atoms with Crippen molar-refractivity contribution in [2.45, 2.75) is 125 Å². The Bertz CT molecular complexity index is 1590. The maximum atomic E-state index is 14.4. The molecule has 2 aromatic rings. The predicted octanol–water partition coefficient (Wildman–Crippen LogP) is 8.27. The van der Waals surface area contributed by atoms with Crippen LogP contribution in [0.15, 0.2) is 46.6 Å². The van der Waals surface area contributed by atoms with E-state index < -0.39 is 16.9 Å². The third kappa shape index (κ3) is 5.12. The largest absolute Gasteiger partial charge is 0.459 e. The van der Waals surface area contributed by atoms with Crippen LogP contribution in [0, 0.1) is 50.2 Å². The molecule has 0 aliphatic heterocycles. The second-order valence-electron chi connectivity index (χ2n) is 18.2. The molecule has 262 valence electrons. The first-order valence-electron chi connectivity index (χ1n) is 18.4. The fraction of sp³-hybridized carbons (Fsp3) is 0.725. The molecule has 4 saturated carbocycles.